The first-order valence-electron chi connectivity index (χ1n) is 6.47. The van der Waals surface area contributed by atoms with Gasteiger partial charge in [-0.3, -0.25) is 9.59 Å². The Morgan fingerprint density at radius 1 is 0.800 bits per heavy atom. The molecule has 2 atom stereocenters. The Balaban J connectivity index is 3.21. The highest BCUT2D eigenvalue weighted by atomic mass is 33.1. The fraction of sp³-hybridized carbons (Fsp3) is 0.833. The van der Waals surface area contributed by atoms with E-state index in [4.69, 9.17) is 10.2 Å². The van der Waals surface area contributed by atoms with E-state index in [1.165, 1.54) is 21.6 Å². The van der Waals surface area contributed by atoms with E-state index >= 15 is 0 Å². The Morgan fingerprint density at radius 3 is 1.45 bits per heavy atom. The first-order chi connectivity index (χ1) is 9.45. The van der Waals surface area contributed by atoms with Crippen LogP contribution in [0.15, 0.2) is 0 Å². The largest absolute Gasteiger partial charge is 0.480 e. The predicted octanol–water partition coefficient (Wildman–Crippen LogP) is 4.26. The lowest BCUT2D eigenvalue weighted by Crippen LogP contribution is -2.09. The Labute approximate surface area is 136 Å². The number of hydrogen-bond acceptors (Lipinski definition) is 6. The molecular formula is C12H22O4S4. The molecule has 0 saturated heterocycles. The van der Waals surface area contributed by atoms with E-state index < -0.39 is 11.9 Å². The highest BCUT2D eigenvalue weighted by Crippen LogP contribution is 2.29. The summed E-state index contributed by atoms with van der Waals surface area (Å²) in [6, 6.07) is 0. The van der Waals surface area contributed by atoms with Gasteiger partial charge < -0.3 is 10.2 Å². The van der Waals surface area contributed by atoms with Crippen LogP contribution in [-0.2, 0) is 9.59 Å². The maximum atomic E-state index is 10.6. The van der Waals surface area contributed by atoms with Crippen LogP contribution in [0, 0.1) is 0 Å². The lowest BCUT2D eigenvalue weighted by molar-refractivity contribution is -0.137. The monoisotopic (exact) mass is 358 g/mol. The summed E-state index contributed by atoms with van der Waals surface area (Å²) >= 11 is 0. The smallest absolute Gasteiger partial charge is 0.317 e. The van der Waals surface area contributed by atoms with Crippen molar-refractivity contribution in [1.82, 2.24) is 0 Å². The van der Waals surface area contributed by atoms with Crippen molar-refractivity contribution in [3.05, 3.63) is 0 Å². The van der Waals surface area contributed by atoms with E-state index in [0.29, 0.717) is 0 Å². The zero-order valence-electron chi connectivity index (χ0n) is 11.7. The number of carboxylic acids is 2. The molecule has 0 aliphatic heterocycles. The molecule has 2 N–H and O–H groups in total. The second-order valence-electron chi connectivity index (χ2n) is 4.21. The van der Waals surface area contributed by atoms with Gasteiger partial charge in [0.1, 0.15) is 10.5 Å². The maximum Gasteiger partial charge on any atom is 0.317 e. The van der Waals surface area contributed by atoms with Gasteiger partial charge in [0.2, 0.25) is 0 Å². The Hall–Kier alpha value is 0.340. The molecular weight excluding hydrogens is 336 g/mol. The van der Waals surface area contributed by atoms with Crippen LogP contribution in [-0.4, -0.2) is 44.2 Å². The fourth-order valence-electron chi connectivity index (χ4n) is 1.06. The average molecular weight is 359 g/mol. The van der Waals surface area contributed by atoms with Crippen LogP contribution in [0.25, 0.3) is 0 Å². The molecule has 0 aliphatic carbocycles. The standard InChI is InChI=1S/C12H22O4S4/c1-9(11(13)14)19-17-7-5-3-4-6-8-18-20-10(2)12(15)16/h9-10H,3-8H2,1-2H3,(H,13,14)(H,15,16). The molecule has 0 amide bonds. The minimum absolute atomic E-state index is 0.343. The molecule has 118 valence electrons. The van der Waals surface area contributed by atoms with Crippen LogP contribution in [0.5, 0.6) is 0 Å². The summed E-state index contributed by atoms with van der Waals surface area (Å²) in [6.07, 6.45) is 4.50. The number of rotatable bonds is 13. The molecule has 0 fully saturated rings. The van der Waals surface area contributed by atoms with E-state index in [-0.39, 0.29) is 10.5 Å². The van der Waals surface area contributed by atoms with Crippen LogP contribution >= 0.6 is 43.2 Å². The topological polar surface area (TPSA) is 74.6 Å². The van der Waals surface area contributed by atoms with E-state index in [9.17, 15) is 9.59 Å². The number of aliphatic carboxylic acids is 2. The van der Waals surface area contributed by atoms with Crippen LogP contribution in [0.2, 0.25) is 0 Å². The van der Waals surface area contributed by atoms with Gasteiger partial charge in [-0.15, -0.1) is 0 Å². The van der Waals surface area contributed by atoms with Gasteiger partial charge in [-0.05, 0) is 26.7 Å². The van der Waals surface area contributed by atoms with Crippen molar-refractivity contribution in [2.45, 2.75) is 50.0 Å². The summed E-state index contributed by atoms with van der Waals surface area (Å²) in [5.41, 5.74) is 0. The fourth-order valence-corrected chi connectivity index (χ4v) is 5.47. The molecule has 0 spiro atoms. The Kier molecular flexibility index (Phi) is 13.3. The van der Waals surface area contributed by atoms with E-state index in [1.807, 2.05) is 0 Å². The third-order valence-electron chi connectivity index (χ3n) is 2.33. The Morgan fingerprint density at radius 2 is 1.15 bits per heavy atom. The van der Waals surface area contributed by atoms with Crippen molar-refractivity contribution in [1.29, 1.82) is 0 Å². The van der Waals surface area contributed by atoms with Crippen LogP contribution in [0.3, 0.4) is 0 Å². The number of carboxylic acid groups (broad SMARTS) is 2. The molecule has 8 heteroatoms. The van der Waals surface area contributed by atoms with Crippen LogP contribution in [0.4, 0.5) is 0 Å². The third kappa shape index (κ3) is 12.1. The van der Waals surface area contributed by atoms with Gasteiger partial charge in [-0.25, -0.2) is 0 Å². The summed E-state index contributed by atoms with van der Waals surface area (Å²) in [4.78, 5) is 21.2. The Bertz CT molecular complexity index is 261. The van der Waals surface area contributed by atoms with Gasteiger partial charge in [-0.2, -0.15) is 0 Å². The molecule has 0 saturated carbocycles. The zero-order valence-corrected chi connectivity index (χ0v) is 15.0. The van der Waals surface area contributed by atoms with Crippen LogP contribution in [0.1, 0.15) is 39.5 Å². The lowest BCUT2D eigenvalue weighted by Gasteiger charge is -2.06. The highest BCUT2D eigenvalue weighted by Gasteiger charge is 2.11. The van der Waals surface area contributed by atoms with Gasteiger partial charge in [0.05, 0.1) is 0 Å². The van der Waals surface area contributed by atoms with Gasteiger partial charge in [0.25, 0.3) is 0 Å². The normalized spacial score (nSPS) is 13.9. The predicted molar refractivity (Wildman–Crippen MR) is 92.8 cm³/mol. The summed E-state index contributed by atoms with van der Waals surface area (Å²) in [6.45, 7) is 3.40. The minimum Gasteiger partial charge on any atom is -0.480 e. The number of unbranched alkanes of at least 4 members (excludes halogenated alkanes) is 3. The van der Waals surface area contributed by atoms with Crippen molar-refractivity contribution in [3.8, 4) is 0 Å². The molecule has 0 heterocycles. The summed E-state index contributed by atoms with van der Waals surface area (Å²) in [7, 11) is 6.09. The molecule has 0 bridgehead atoms. The van der Waals surface area contributed by atoms with Crippen molar-refractivity contribution < 1.29 is 19.8 Å². The third-order valence-corrected chi connectivity index (χ3v) is 8.04. The molecule has 0 radical (unpaired) electrons. The molecule has 0 aromatic rings. The van der Waals surface area contributed by atoms with Crippen molar-refractivity contribution >= 4 is 55.1 Å². The number of hydrogen-bond donors (Lipinski definition) is 2. The molecule has 0 aromatic heterocycles. The minimum atomic E-state index is -0.757. The lowest BCUT2D eigenvalue weighted by atomic mass is 10.2. The quantitative estimate of drug-likeness (QED) is 0.374. The SMILES string of the molecule is CC(SSCCCCCCSSC(C)C(=O)O)C(=O)O. The van der Waals surface area contributed by atoms with Gasteiger partial charge in [-0.1, -0.05) is 56.0 Å². The van der Waals surface area contributed by atoms with Gasteiger partial charge >= 0.3 is 11.9 Å². The second kappa shape index (κ2) is 13.0. The van der Waals surface area contributed by atoms with Crippen molar-refractivity contribution in [2.75, 3.05) is 11.5 Å². The van der Waals surface area contributed by atoms with Gasteiger partial charge in [0.15, 0.2) is 0 Å². The molecule has 0 aromatic carbocycles. The number of carbonyl (C=O) groups is 2. The molecule has 0 aliphatic rings. The average Bonchev–Trinajstić information content (AvgIpc) is 2.39. The first kappa shape index (κ1) is 20.3. The van der Waals surface area contributed by atoms with Crippen molar-refractivity contribution in [3.63, 3.8) is 0 Å². The van der Waals surface area contributed by atoms with E-state index in [2.05, 4.69) is 0 Å². The molecule has 4 nitrogen and oxygen atoms in total. The van der Waals surface area contributed by atoms with E-state index in [1.54, 1.807) is 35.4 Å². The highest BCUT2D eigenvalue weighted by molar-refractivity contribution is 8.77. The second-order valence-corrected chi connectivity index (χ2v) is 9.87. The zero-order chi connectivity index (χ0) is 15.4. The molecule has 2 unspecified atom stereocenters. The summed E-state index contributed by atoms with van der Waals surface area (Å²) in [5, 5.41) is 16.7. The first-order valence-corrected chi connectivity index (χ1v) is 11.2. The summed E-state index contributed by atoms with van der Waals surface area (Å²) in [5.74, 6) is 0.459. The molecule has 20 heavy (non-hydrogen) atoms. The van der Waals surface area contributed by atoms with Crippen molar-refractivity contribution in [2.24, 2.45) is 0 Å². The summed E-state index contributed by atoms with van der Waals surface area (Å²) < 4.78 is 0. The molecule has 0 rings (SSSR count). The maximum absolute atomic E-state index is 10.6. The van der Waals surface area contributed by atoms with E-state index in [0.717, 1.165) is 37.2 Å². The van der Waals surface area contributed by atoms with Crippen LogP contribution < -0.4 is 0 Å². The van der Waals surface area contributed by atoms with Gasteiger partial charge in [0, 0.05) is 11.5 Å².